The number of hydrogen-bond acceptors (Lipinski definition) is 2. The third kappa shape index (κ3) is 3.06. The van der Waals surface area contributed by atoms with Crippen LogP contribution in [0.2, 0.25) is 0 Å². The third-order valence-corrected chi connectivity index (χ3v) is 2.12. The molecule has 0 spiro atoms. The molecule has 0 radical (unpaired) electrons. The van der Waals surface area contributed by atoms with Crippen molar-refractivity contribution >= 4 is 11.8 Å². The highest BCUT2D eigenvalue weighted by molar-refractivity contribution is 6.02. The van der Waals surface area contributed by atoms with E-state index < -0.39 is 5.91 Å². The number of imide groups is 1. The second-order valence-electron chi connectivity index (χ2n) is 3.19. The minimum absolute atomic E-state index is 0.314. The van der Waals surface area contributed by atoms with E-state index in [0.29, 0.717) is 0 Å². The average Bonchev–Trinajstić information content (AvgIpc) is 2.29. The van der Waals surface area contributed by atoms with Gasteiger partial charge in [-0.2, -0.15) is 0 Å². The Kier molecular flexibility index (Phi) is 3.80. The number of nitrogens with one attached hydrogen (secondary N) is 1. The van der Waals surface area contributed by atoms with E-state index in [2.05, 4.69) is 11.9 Å². The van der Waals surface area contributed by atoms with Gasteiger partial charge in [0.2, 0.25) is 11.8 Å². The van der Waals surface area contributed by atoms with Crippen LogP contribution in [0.4, 0.5) is 0 Å². The van der Waals surface area contributed by atoms with E-state index in [1.54, 1.807) is 6.92 Å². The van der Waals surface area contributed by atoms with Crippen molar-refractivity contribution in [2.45, 2.75) is 12.8 Å². The van der Waals surface area contributed by atoms with Crippen LogP contribution in [-0.2, 0) is 9.59 Å². The molecule has 0 bridgehead atoms. The Labute approximate surface area is 88.8 Å². The first-order valence-electron chi connectivity index (χ1n) is 4.67. The molecule has 1 aromatic carbocycles. The highest BCUT2D eigenvalue weighted by Gasteiger charge is 2.15. The summed E-state index contributed by atoms with van der Waals surface area (Å²) < 4.78 is 0. The van der Waals surface area contributed by atoms with Gasteiger partial charge >= 0.3 is 0 Å². The number of hydrogen-bond donors (Lipinski definition) is 1. The molecule has 3 nitrogen and oxygen atoms in total. The van der Waals surface area contributed by atoms with Gasteiger partial charge in [0.1, 0.15) is 0 Å². The minimum atomic E-state index is -0.470. The SMILES string of the molecule is C=CC(=O)NC(=O)C(C)c1ccccc1. The van der Waals surface area contributed by atoms with Gasteiger partial charge in [-0.25, -0.2) is 0 Å². The standard InChI is InChI=1S/C12H13NO2/c1-3-11(14)13-12(15)9(2)10-7-5-4-6-8-10/h3-9H,1H2,2H3,(H,13,14,15). The predicted molar refractivity (Wildman–Crippen MR) is 58.2 cm³/mol. The quantitative estimate of drug-likeness (QED) is 0.759. The van der Waals surface area contributed by atoms with Crippen molar-refractivity contribution in [3.8, 4) is 0 Å². The van der Waals surface area contributed by atoms with Gasteiger partial charge in [-0.15, -0.1) is 0 Å². The Bertz CT molecular complexity index is 370. The first-order valence-corrected chi connectivity index (χ1v) is 4.67. The molecule has 15 heavy (non-hydrogen) atoms. The number of carbonyl (C=O) groups excluding carboxylic acids is 2. The van der Waals surface area contributed by atoms with Gasteiger partial charge in [-0.3, -0.25) is 14.9 Å². The van der Waals surface area contributed by atoms with Crippen LogP contribution in [0, 0.1) is 0 Å². The van der Waals surface area contributed by atoms with E-state index in [1.165, 1.54) is 0 Å². The molecule has 1 aromatic rings. The second-order valence-corrected chi connectivity index (χ2v) is 3.19. The Balaban J connectivity index is 2.69. The van der Waals surface area contributed by atoms with Crippen LogP contribution in [0.1, 0.15) is 18.4 Å². The highest BCUT2D eigenvalue weighted by atomic mass is 16.2. The molecule has 1 unspecified atom stereocenters. The van der Waals surface area contributed by atoms with Crippen molar-refractivity contribution in [2.24, 2.45) is 0 Å². The van der Waals surface area contributed by atoms with Gasteiger partial charge in [0.05, 0.1) is 5.92 Å². The van der Waals surface area contributed by atoms with Crippen LogP contribution in [0.3, 0.4) is 0 Å². The molecule has 2 amide bonds. The van der Waals surface area contributed by atoms with Crippen molar-refractivity contribution in [1.29, 1.82) is 0 Å². The summed E-state index contributed by atoms with van der Waals surface area (Å²) in [7, 11) is 0. The molecular formula is C12H13NO2. The normalized spacial score (nSPS) is 11.5. The maximum absolute atomic E-state index is 11.5. The molecule has 78 valence electrons. The number of benzene rings is 1. The molecular weight excluding hydrogens is 190 g/mol. The zero-order valence-electron chi connectivity index (χ0n) is 8.57. The van der Waals surface area contributed by atoms with E-state index in [4.69, 9.17) is 0 Å². The van der Waals surface area contributed by atoms with E-state index >= 15 is 0 Å². The lowest BCUT2D eigenvalue weighted by Crippen LogP contribution is -2.32. The Morgan fingerprint density at radius 1 is 1.33 bits per heavy atom. The molecule has 0 aromatic heterocycles. The minimum Gasteiger partial charge on any atom is -0.292 e. The Hall–Kier alpha value is -1.90. The maximum atomic E-state index is 11.5. The summed E-state index contributed by atoms with van der Waals surface area (Å²) in [5.74, 6) is -1.12. The van der Waals surface area contributed by atoms with Crippen molar-refractivity contribution in [3.05, 3.63) is 48.6 Å². The van der Waals surface area contributed by atoms with Gasteiger partial charge in [0.15, 0.2) is 0 Å². The number of rotatable bonds is 3. The summed E-state index contributed by atoms with van der Waals surface area (Å²) in [5, 5.41) is 2.23. The van der Waals surface area contributed by atoms with Gasteiger partial charge in [-0.1, -0.05) is 36.9 Å². The first kappa shape index (κ1) is 11.2. The maximum Gasteiger partial charge on any atom is 0.249 e. The van der Waals surface area contributed by atoms with Crippen molar-refractivity contribution < 1.29 is 9.59 Å². The largest absolute Gasteiger partial charge is 0.292 e. The molecule has 0 aliphatic rings. The fourth-order valence-electron chi connectivity index (χ4n) is 1.17. The van der Waals surface area contributed by atoms with Gasteiger partial charge < -0.3 is 0 Å². The van der Waals surface area contributed by atoms with Crippen molar-refractivity contribution in [3.63, 3.8) is 0 Å². The Morgan fingerprint density at radius 2 is 1.93 bits per heavy atom. The van der Waals surface area contributed by atoms with E-state index in [0.717, 1.165) is 11.6 Å². The molecule has 0 saturated carbocycles. The monoisotopic (exact) mass is 203 g/mol. The first-order chi connectivity index (χ1) is 7.15. The van der Waals surface area contributed by atoms with Crippen LogP contribution in [0.5, 0.6) is 0 Å². The molecule has 0 aliphatic carbocycles. The molecule has 1 N–H and O–H groups in total. The molecule has 0 heterocycles. The summed E-state index contributed by atoms with van der Waals surface area (Å²) in [6, 6.07) is 9.29. The van der Waals surface area contributed by atoms with E-state index in [1.807, 2.05) is 30.3 Å². The molecule has 1 rings (SSSR count). The number of carbonyl (C=O) groups is 2. The molecule has 1 atom stereocenters. The molecule has 0 aliphatic heterocycles. The van der Waals surface area contributed by atoms with Crippen LogP contribution >= 0.6 is 0 Å². The van der Waals surface area contributed by atoms with Crippen LogP contribution < -0.4 is 5.32 Å². The predicted octanol–water partition coefficient (Wildman–Crippen LogP) is 1.62. The zero-order valence-corrected chi connectivity index (χ0v) is 8.57. The van der Waals surface area contributed by atoms with E-state index in [9.17, 15) is 9.59 Å². The van der Waals surface area contributed by atoms with E-state index in [-0.39, 0.29) is 11.8 Å². The second kappa shape index (κ2) is 5.10. The Morgan fingerprint density at radius 3 is 2.47 bits per heavy atom. The van der Waals surface area contributed by atoms with Crippen LogP contribution in [-0.4, -0.2) is 11.8 Å². The molecule has 0 saturated heterocycles. The summed E-state index contributed by atoms with van der Waals surface area (Å²) >= 11 is 0. The smallest absolute Gasteiger partial charge is 0.249 e. The van der Waals surface area contributed by atoms with Crippen molar-refractivity contribution in [1.82, 2.24) is 5.32 Å². The van der Waals surface area contributed by atoms with Crippen molar-refractivity contribution in [2.75, 3.05) is 0 Å². The van der Waals surface area contributed by atoms with Gasteiger partial charge in [0, 0.05) is 0 Å². The topological polar surface area (TPSA) is 46.2 Å². The van der Waals surface area contributed by atoms with Crippen LogP contribution in [0.15, 0.2) is 43.0 Å². The summed E-state index contributed by atoms with van der Waals surface area (Å²) in [4.78, 5) is 22.4. The fraction of sp³-hybridized carbons (Fsp3) is 0.167. The molecule has 0 fully saturated rings. The summed E-state index contributed by atoms with van der Waals surface area (Å²) in [6.45, 7) is 5.03. The van der Waals surface area contributed by atoms with Crippen LogP contribution in [0.25, 0.3) is 0 Å². The summed E-state index contributed by atoms with van der Waals surface area (Å²) in [5.41, 5.74) is 0.881. The van der Waals surface area contributed by atoms with Gasteiger partial charge in [0.25, 0.3) is 0 Å². The fourth-order valence-corrected chi connectivity index (χ4v) is 1.17. The lowest BCUT2D eigenvalue weighted by Gasteiger charge is -2.10. The summed E-state index contributed by atoms with van der Waals surface area (Å²) in [6.07, 6.45) is 1.08. The van der Waals surface area contributed by atoms with Gasteiger partial charge in [-0.05, 0) is 18.6 Å². The third-order valence-electron chi connectivity index (χ3n) is 2.12. The zero-order chi connectivity index (χ0) is 11.3. The lowest BCUT2D eigenvalue weighted by atomic mass is 10.0. The molecule has 3 heteroatoms. The lowest BCUT2D eigenvalue weighted by molar-refractivity contribution is -0.128. The number of amides is 2. The highest BCUT2D eigenvalue weighted by Crippen LogP contribution is 2.13. The average molecular weight is 203 g/mol.